The van der Waals surface area contributed by atoms with E-state index < -0.39 is 5.97 Å². The SMILES string of the molecule is Cc1cc(N(C)C)c2cc(CC(=O)O)ccc2n1. The molecule has 1 heterocycles. The van der Waals surface area contributed by atoms with Crippen LogP contribution in [0.25, 0.3) is 10.9 Å². The van der Waals surface area contributed by atoms with Crippen LogP contribution in [0.15, 0.2) is 24.3 Å². The molecule has 0 atom stereocenters. The summed E-state index contributed by atoms with van der Waals surface area (Å²) in [6, 6.07) is 7.62. The molecule has 0 saturated carbocycles. The highest BCUT2D eigenvalue weighted by Gasteiger charge is 2.08. The van der Waals surface area contributed by atoms with Crippen molar-refractivity contribution in [2.75, 3.05) is 19.0 Å². The molecule has 1 aromatic carbocycles. The van der Waals surface area contributed by atoms with Crippen molar-refractivity contribution in [3.05, 3.63) is 35.5 Å². The Balaban J connectivity index is 2.63. The molecule has 18 heavy (non-hydrogen) atoms. The van der Waals surface area contributed by atoms with Gasteiger partial charge < -0.3 is 10.0 Å². The van der Waals surface area contributed by atoms with Crippen LogP contribution >= 0.6 is 0 Å². The molecule has 0 aliphatic rings. The van der Waals surface area contributed by atoms with Gasteiger partial charge in [-0.15, -0.1) is 0 Å². The monoisotopic (exact) mass is 244 g/mol. The first-order valence-corrected chi connectivity index (χ1v) is 5.77. The molecule has 0 fully saturated rings. The Labute approximate surface area is 106 Å². The van der Waals surface area contributed by atoms with E-state index in [0.717, 1.165) is 27.8 Å². The topological polar surface area (TPSA) is 53.4 Å². The molecule has 2 aromatic rings. The lowest BCUT2D eigenvalue weighted by Crippen LogP contribution is -2.10. The van der Waals surface area contributed by atoms with Gasteiger partial charge in [-0.25, -0.2) is 0 Å². The molecule has 0 saturated heterocycles. The van der Waals surface area contributed by atoms with Gasteiger partial charge in [-0.05, 0) is 30.7 Å². The van der Waals surface area contributed by atoms with Gasteiger partial charge in [0.05, 0.1) is 11.9 Å². The van der Waals surface area contributed by atoms with Gasteiger partial charge in [0.2, 0.25) is 0 Å². The quantitative estimate of drug-likeness (QED) is 0.899. The van der Waals surface area contributed by atoms with E-state index in [1.54, 1.807) is 0 Å². The molecule has 0 spiro atoms. The lowest BCUT2D eigenvalue weighted by Gasteiger charge is -2.16. The molecular weight excluding hydrogens is 228 g/mol. The number of carbonyl (C=O) groups is 1. The van der Waals surface area contributed by atoms with E-state index in [-0.39, 0.29) is 6.42 Å². The highest BCUT2D eigenvalue weighted by molar-refractivity contribution is 5.92. The zero-order valence-electron chi connectivity index (χ0n) is 10.8. The van der Waals surface area contributed by atoms with Gasteiger partial charge >= 0.3 is 5.97 Å². The Morgan fingerprint density at radius 2 is 2.06 bits per heavy atom. The molecule has 0 unspecified atom stereocenters. The number of nitrogens with zero attached hydrogens (tertiary/aromatic N) is 2. The first-order valence-electron chi connectivity index (χ1n) is 5.77. The Bertz CT molecular complexity index is 606. The normalized spacial score (nSPS) is 10.6. The van der Waals surface area contributed by atoms with Crippen LogP contribution in [0.3, 0.4) is 0 Å². The van der Waals surface area contributed by atoms with Crippen LogP contribution in [0.5, 0.6) is 0 Å². The van der Waals surface area contributed by atoms with Crippen LogP contribution in [0.1, 0.15) is 11.3 Å². The van der Waals surface area contributed by atoms with Crippen molar-refractivity contribution in [1.82, 2.24) is 4.98 Å². The minimum absolute atomic E-state index is 0.0384. The Morgan fingerprint density at radius 1 is 1.33 bits per heavy atom. The lowest BCUT2D eigenvalue weighted by atomic mass is 10.1. The van der Waals surface area contributed by atoms with E-state index >= 15 is 0 Å². The molecule has 94 valence electrons. The maximum absolute atomic E-state index is 10.8. The third kappa shape index (κ3) is 2.42. The number of aromatic nitrogens is 1. The fraction of sp³-hybridized carbons (Fsp3) is 0.286. The number of aliphatic carboxylic acids is 1. The average Bonchev–Trinajstić information content (AvgIpc) is 2.27. The lowest BCUT2D eigenvalue weighted by molar-refractivity contribution is -0.136. The van der Waals surface area contributed by atoms with Gasteiger partial charge in [-0.3, -0.25) is 9.78 Å². The van der Waals surface area contributed by atoms with Gasteiger partial charge in [0, 0.05) is 30.9 Å². The minimum Gasteiger partial charge on any atom is -0.481 e. The van der Waals surface area contributed by atoms with Crippen LogP contribution in [-0.2, 0) is 11.2 Å². The first-order chi connectivity index (χ1) is 8.47. The molecule has 1 aromatic heterocycles. The summed E-state index contributed by atoms with van der Waals surface area (Å²) in [7, 11) is 3.94. The second-order valence-electron chi connectivity index (χ2n) is 4.60. The predicted octanol–water partition coefficient (Wildman–Crippen LogP) is 2.24. The number of anilines is 1. The Kier molecular flexibility index (Phi) is 3.19. The van der Waals surface area contributed by atoms with Crippen molar-refractivity contribution in [2.45, 2.75) is 13.3 Å². The number of rotatable bonds is 3. The van der Waals surface area contributed by atoms with E-state index in [4.69, 9.17) is 5.11 Å². The molecule has 4 heteroatoms. The van der Waals surface area contributed by atoms with Gasteiger partial charge in [-0.1, -0.05) is 6.07 Å². The molecule has 0 aliphatic carbocycles. The van der Waals surface area contributed by atoms with Crippen molar-refractivity contribution in [2.24, 2.45) is 0 Å². The van der Waals surface area contributed by atoms with E-state index in [0.29, 0.717) is 0 Å². The fourth-order valence-corrected chi connectivity index (χ4v) is 2.04. The highest BCUT2D eigenvalue weighted by atomic mass is 16.4. The van der Waals surface area contributed by atoms with Crippen LogP contribution in [0.2, 0.25) is 0 Å². The molecule has 0 amide bonds. The zero-order chi connectivity index (χ0) is 13.3. The van der Waals surface area contributed by atoms with Crippen molar-refractivity contribution in [1.29, 1.82) is 0 Å². The standard InChI is InChI=1S/C14H16N2O2/c1-9-6-13(16(2)3)11-7-10(8-14(17)18)4-5-12(11)15-9/h4-7H,8H2,1-3H3,(H,17,18). The van der Waals surface area contributed by atoms with Crippen LogP contribution in [0, 0.1) is 6.92 Å². The number of pyridine rings is 1. The largest absolute Gasteiger partial charge is 0.481 e. The number of fused-ring (bicyclic) bond motifs is 1. The van der Waals surface area contributed by atoms with Crippen LogP contribution in [-0.4, -0.2) is 30.2 Å². The summed E-state index contributed by atoms with van der Waals surface area (Å²) in [5.74, 6) is -0.819. The average molecular weight is 244 g/mol. The smallest absolute Gasteiger partial charge is 0.307 e. The maximum Gasteiger partial charge on any atom is 0.307 e. The first kappa shape index (κ1) is 12.4. The number of carboxylic acid groups (broad SMARTS) is 1. The Morgan fingerprint density at radius 3 is 2.67 bits per heavy atom. The summed E-state index contributed by atoms with van der Waals surface area (Å²) in [6.45, 7) is 1.96. The maximum atomic E-state index is 10.8. The number of hydrogen-bond donors (Lipinski definition) is 1. The van der Waals surface area contributed by atoms with Gasteiger partial charge in [0.15, 0.2) is 0 Å². The van der Waals surface area contributed by atoms with Crippen molar-refractivity contribution in [3.8, 4) is 0 Å². The number of carboxylic acids is 1. The molecule has 0 radical (unpaired) electrons. The Hall–Kier alpha value is -2.10. The summed E-state index contributed by atoms with van der Waals surface area (Å²) in [5, 5.41) is 9.83. The van der Waals surface area contributed by atoms with E-state index in [1.165, 1.54) is 0 Å². The molecule has 1 N–H and O–H groups in total. The van der Waals surface area contributed by atoms with Gasteiger partial charge in [-0.2, -0.15) is 0 Å². The fourth-order valence-electron chi connectivity index (χ4n) is 2.04. The third-order valence-corrected chi connectivity index (χ3v) is 2.82. The third-order valence-electron chi connectivity index (χ3n) is 2.82. The minimum atomic E-state index is -0.819. The molecule has 0 aliphatic heterocycles. The molecule has 4 nitrogen and oxygen atoms in total. The zero-order valence-corrected chi connectivity index (χ0v) is 10.8. The van der Waals surface area contributed by atoms with Gasteiger partial charge in [0.25, 0.3) is 0 Å². The van der Waals surface area contributed by atoms with E-state index in [1.807, 2.05) is 50.2 Å². The molecular formula is C14H16N2O2. The van der Waals surface area contributed by atoms with E-state index in [2.05, 4.69) is 4.98 Å². The predicted molar refractivity (Wildman–Crippen MR) is 72.1 cm³/mol. The second-order valence-corrected chi connectivity index (χ2v) is 4.60. The number of aryl methyl sites for hydroxylation is 1. The van der Waals surface area contributed by atoms with E-state index in [9.17, 15) is 4.79 Å². The van der Waals surface area contributed by atoms with Gasteiger partial charge in [0.1, 0.15) is 0 Å². The summed E-state index contributed by atoms with van der Waals surface area (Å²) in [5.41, 5.74) is 3.71. The number of hydrogen-bond acceptors (Lipinski definition) is 3. The molecule has 0 bridgehead atoms. The van der Waals surface area contributed by atoms with Crippen LogP contribution < -0.4 is 4.90 Å². The van der Waals surface area contributed by atoms with Crippen molar-refractivity contribution >= 4 is 22.6 Å². The summed E-state index contributed by atoms with van der Waals surface area (Å²) in [6.07, 6.45) is 0.0384. The summed E-state index contributed by atoms with van der Waals surface area (Å²) in [4.78, 5) is 17.2. The summed E-state index contributed by atoms with van der Waals surface area (Å²) >= 11 is 0. The van der Waals surface area contributed by atoms with Crippen molar-refractivity contribution in [3.63, 3.8) is 0 Å². The number of benzene rings is 1. The second kappa shape index (κ2) is 4.64. The van der Waals surface area contributed by atoms with Crippen LogP contribution in [0.4, 0.5) is 5.69 Å². The van der Waals surface area contributed by atoms with Crippen molar-refractivity contribution < 1.29 is 9.90 Å². The molecule has 2 rings (SSSR count). The highest BCUT2D eigenvalue weighted by Crippen LogP contribution is 2.26. The summed E-state index contributed by atoms with van der Waals surface area (Å²) < 4.78 is 0.